The van der Waals surface area contributed by atoms with Gasteiger partial charge in [-0.05, 0) is 30.7 Å². The zero-order valence-corrected chi connectivity index (χ0v) is 17.7. The van der Waals surface area contributed by atoms with E-state index in [1.54, 1.807) is 24.5 Å². The molecule has 0 bridgehead atoms. The Balaban J connectivity index is 1.66. The van der Waals surface area contributed by atoms with Crippen LogP contribution in [0.2, 0.25) is 5.02 Å². The molecule has 1 heterocycles. The minimum Gasteiger partial charge on any atom is -0.495 e. The summed E-state index contributed by atoms with van der Waals surface area (Å²) in [6.07, 6.45) is 3.28. The lowest BCUT2D eigenvalue weighted by atomic mass is 10.2. The van der Waals surface area contributed by atoms with E-state index in [4.69, 9.17) is 16.3 Å². The molecule has 28 heavy (non-hydrogen) atoms. The molecule has 0 aliphatic heterocycles. The van der Waals surface area contributed by atoms with Crippen molar-refractivity contribution in [3.05, 3.63) is 65.4 Å². The molecule has 0 spiro atoms. The Morgan fingerprint density at radius 1 is 1.14 bits per heavy atom. The highest BCUT2D eigenvalue weighted by Crippen LogP contribution is 2.33. The summed E-state index contributed by atoms with van der Waals surface area (Å²) in [6, 6.07) is 13.4. The second-order valence-corrected chi connectivity index (χ2v) is 8.15. The number of nitrogens with zero attached hydrogens (tertiary/aromatic N) is 2. The van der Waals surface area contributed by atoms with Crippen LogP contribution in [0, 0.1) is 6.92 Å². The van der Waals surface area contributed by atoms with Crippen LogP contribution in [-0.4, -0.2) is 28.7 Å². The van der Waals surface area contributed by atoms with Crippen molar-refractivity contribution < 1.29 is 9.53 Å². The number of rotatable bonds is 7. The molecule has 8 heteroatoms. The first-order valence-corrected chi connectivity index (χ1v) is 10.6. The number of aryl methyl sites for hydroxylation is 1. The van der Waals surface area contributed by atoms with E-state index in [0.717, 1.165) is 15.5 Å². The molecule has 0 radical (unpaired) electrons. The van der Waals surface area contributed by atoms with Gasteiger partial charge in [-0.2, -0.15) is 0 Å². The zero-order chi connectivity index (χ0) is 19.9. The van der Waals surface area contributed by atoms with Crippen LogP contribution in [0.4, 0.5) is 5.69 Å². The molecule has 1 N–H and O–H groups in total. The summed E-state index contributed by atoms with van der Waals surface area (Å²) in [5, 5.41) is 4.94. The summed E-state index contributed by atoms with van der Waals surface area (Å²) in [7, 11) is 1.54. The van der Waals surface area contributed by atoms with Gasteiger partial charge >= 0.3 is 0 Å². The van der Waals surface area contributed by atoms with Crippen LogP contribution in [0.1, 0.15) is 5.56 Å². The minimum atomic E-state index is -0.161. The summed E-state index contributed by atoms with van der Waals surface area (Å²) in [5.41, 5.74) is 1.45. The standard InChI is InChI=1S/C20H18ClN3O2S2/c1-13-10-16(17(26-2)11-15(13)21)24-18(25)12-27-19-20(23-9-8-22-19)28-14-6-4-3-5-7-14/h3-11H,12H2,1-2H3,(H,24,25). The average molecular weight is 432 g/mol. The summed E-state index contributed by atoms with van der Waals surface area (Å²) in [6.45, 7) is 1.87. The van der Waals surface area contributed by atoms with Crippen molar-refractivity contribution in [2.45, 2.75) is 21.9 Å². The van der Waals surface area contributed by atoms with Gasteiger partial charge in [-0.25, -0.2) is 9.97 Å². The highest BCUT2D eigenvalue weighted by molar-refractivity contribution is 8.02. The Hall–Kier alpha value is -2.22. The number of carbonyl (C=O) groups excluding carboxylic acids is 1. The smallest absolute Gasteiger partial charge is 0.234 e. The fourth-order valence-electron chi connectivity index (χ4n) is 2.33. The lowest BCUT2D eigenvalue weighted by molar-refractivity contribution is -0.113. The molecule has 1 amide bonds. The van der Waals surface area contributed by atoms with Crippen LogP contribution in [0.5, 0.6) is 5.75 Å². The molecular weight excluding hydrogens is 414 g/mol. The topological polar surface area (TPSA) is 64.1 Å². The molecule has 1 aromatic heterocycles. The van der Waals surface area contributed by atoms with Gasteiger partial charge in [0.05, 0.1) is 18.6 Å². The van der Waals surface area contributed by atoms with Gasteiger partial charge in [0.2, 0.25) is 5.91 Å². The molecule has 2 aromatic carbocycles. The van der Waals surface area contributed by atoms with E-state index in [0.29, 0.717) is 21.5 Å². The van der Waals surface area contributed by atoms with Crippen molar-refractivity contribution in [3.8, 4) is 5.75 Å². The maximum Gasteiger partial charge on any atom is 0.234 e. The lowest BCUT2D eigenvalue weighted by Gasteiger charge is -2.12. The van der Waals surface area contributed by atoms with Gasteiger partial charge in [0.15, 0.2) is 0 Å². The molecule has 0 fully saturated rings. The Bertz CT molecular complexity index is 971. The van der Waals surface area contributed by atoms with Crippen LogP contribution in [0.15, 0.2) is 69.8 Å². The SMILES string of the molecule is COc1cc(Cl)c(C)cc1NC(=O)CSc1nccnc1Sc1ccccc1. The van der Waals surface area contributed by atoms with Gasteiger partial charge in [0.25, 0.3) is 0 Å². The molecule has 3 rings (SSSR count). The van der Waals surface area contributed by atoms with Crippen molar-refractivity contribution in [2.24, 2.45) is 0 Å². The molecule has 0 aliphatic rings. The van der Waals surface area contributed by atoms with Gasteiger partial charge < -0.3 is 10.1 Å². The number of methoxy groups -OCH3 is 1. The van der Waals surface area contributed by atoms with Crippen LogP contribution >= 0.6 is 35.1 Å². The molecule has 144 valence electrons. The fourth-order valence-corrected chi connectivity index (χ4v) is 4.21. The maximum absolute atomic E-state index is 12.4. The number of carbonyl (C=O) groups is 1. The van der Waals surface area contributed by atoms with E-state index in [-0.39, 0.29) is 11.7 Å². The van der Waals surface area contributed by atoms with Crippen molar-refractivity contribution in [2.75, 3.05) is 18.2 Å². The number of nitrogens with one attached hydrogen (secondary N) is 1. The molecule has 0 atom stereocenters. The first-order chi connectivity index (χ1) is 13.6. The summed E-state index contributed by atoms with van der Waals surface area (Å²) >= 11 is 8.97. The molecular formula is C20H18ClN3O2S2. The van der Waals surface area contributed by atoms with Gasteiger partial charge in [0.1, 0.15) is 15.8 Å². The second-order valence-electron chi connectivity index (χ2n) is 5.72. The Labute approximate surface area is 177 Å². The number of anilines is 1. The van der Waals surface area contributed by atoms with E-state index in [1.807, 2.05) is 37.3 Å². The van der Waals surface area contributed by atoms with Gasteiger partial charge in [-0.15, -0.1) is 0 Å². The summed E-state index contributed by atoms with van der Waals surface area (Å²) in [4.78, 5) is 22.3. The van der Waals surface area contributed by atoms with E-state index >= 15 is 0 Å². The third-order valence-corrected chi connectivity index (χ3v) is 6.20. The predicted molar refractivity (Wildman–Crippen MR) is 115 cm³/mol. The summed E-state index contributed by atoms with van der Waals surface area (Å²) in [5.74, 6) is 0.561. The number of aromatic nitrogens is 2. The molecule has 5 nitrogen and oxygen atoms in total. The minimum absolute atomic E-state index is 0.161. The first kappa shape index (κ1) is 20.5. The number of amides is 1. The number of hydrogen-bond acceptors (Lipinski definition) is 6. The van der Waals surface area contributed by atoms with Crippen LogP contribution in [0.3, 0.4) is 0 Å². The highest BCUT2D eigenvalue weighted by atomic mass is 35.5. The molecule has 0 unspecified atom stereocenters. The van der Waals surface area contributed by atoms with E-state index in [9.17, 15) is 4.79 Å². The quantitative estimate of drug-likeness (QED) is 0.510. The van der Waals surface area contributed by atoms with Crippen molar-refractivity contribution in [3.63, 3.8) is 0 Å². The number of thioether (sulfide) groups is 1. The largest absolute Gasteiger partial charge is 0.495 e. The monoisotopic (exact) mass is 431 g/mol. The normalized spacial score (nSPS) is 10.5. The average Bonchev–Trinajstić information content (AvgIpc) is 2.70. The predicted octanol–water partition coefficient (Wildman–Crippen LogP) is 5.33. The fraction of sp³-hybridized carbons (Fsp3) is 0.150. The number of hydrogen-bond donors (Lipinski definition) is 1. The van der Waals surface area contributed by atoms with Gasteiger partial charge in [-0.3, -0.25) is 4.79 Å². The third-order valence-electron chi connectivity index (χ3n) is 3.69. The van der Waals surface area contributed by atoms with Crippen molar-refractivity contribution in [1.29, 1.82) is 0 Å². The van der Waals surface area contributed by atoms with Gasteiger partial charge in [0, 0.05) is 28.4 Å². The van der Waals surface area contributed by atoms with Crippen molar-refractivity contribution in [1.82, 2.24) is 9.97 Å². The van der Waals surface area contributed by atoms with Crippen LogP contribution in [0.25, 0.3) is 0 Å². The van der Waals surface area contributed by atoms with Crippen LogP contribution < -0.4 is 10.1 Å². The van der Waals surface area contributed by atoms with Crippen LogP contribution in [-0.2, 0) is 4.79 Å². The Morgan fingerprint density at radius 2 is 1.86 bits per heavy atom. The highest BCUT2D eigenvalue weighted by Gasteiger charge is 2.13. The van der Waals surface area contributed by atoms with Crippen molar-refractivity contribution >= 4 is 46.7 Å². The zero-order valence-electron chi connectivity index (χ0n) is 15.3. The maximum atomic E-state index is 12.4. The molecule has 3 aromatic rings. The molecule has 0 aliphatic carbocycles. The Kier molecular flexibility index (Phi) is 7.19. The summed E-state index contributed by atoms with van der Waals surface area (Å²) < 4.78 is 5.30. The Morgan fingerprint density at radius 3 is 2.57 bits per heavy atom. The first-order valence-electron chi connectivity index (χ1n) is 8.37. The van der Waals surface area contributed by atoms with E-state index in [2.05, 4.69) is 15.3 Å². The van der Waals surface area contributed by atoms with E-state index < -0.39 is 0 Å². The lowest BCUT2D eigenvalue weighted by Crippen LogP contribution is -2.15. The van der Waals surface area contributed by atoms with Gasteiger partial charge in [-0.1, -0.05) is 53.3 Å². The number of benzene rings is 2. The molecule has 0 saturated heterocycles. The third kappa shape index (κ3) is 5.41. The number of halogens is 1. The second kappa shape index (κ2) is 9.82. The van der Waals surface area contributed by atoms with E-state index in [1.165, 1.54) is 30.6 Å². The number of ether oxygens (including phenoxy) is 1. The molecule has 0 saturated carbocycles.